The normalized spacial score (nSPS) is 20.2. The highest BCUT2D eigenvalue weighted by Gasteiger charge is 2.53. The number of carbonyl (C=O) groups excluding carboxylic acids is 1. The Balaban J connectivity index is 1.12. The fraction of sp³-hybridized carbons (Fsp3) is 0.514. The number of aliphatic hydroxyl groups excluding tert-OH is 1. The van der Waals surface area contributed by atoms with Gasteiger partial charge in [-0.05, 0) is 60.4 Å². The van der Waals surface area contributed by atoms with E-state index in [1.54, 1.807) is 11.3 Å². The predicted octanol–water partition coefficient (Wildman–Crippen LogP) is 4.42. The summed E-state index contributed by atoms with van der Waals surface area (Å²) in [6.07, 6.45) is 2.95. The number of rotatable bonds is 12. The van der Waals surface area contributed by atoms with Gasteiger partial charge in [-0.3, -0.25) is 4.79 Å². The molecule has 1 unspecified atom stereocenters. The molecule has 1 N–H and O–H groups in total. The van der Waals surface area contributed by atoms with Gasteiger partial charge in [-0.15, -0.1) is 11.3 Å². The lowest BCUT2D eigenvalue weighted by Gasteiger charge is -2.43. The highest BCUT2D eigenvalue weighted by molar-refractivity contribution is 7.13. The SMILES string of the molecule is CCCN(CC(O)CN1CN(c2ccccc2)C2(CCN(CCc3ccccc3-c3cccs3)CC2)C1=O)N1CCOCC1. The van der Waals surface area contributed by atoms with Crippen molar-refractivity contribution in [2.75, 3.05) is 77.1 Å². The number of hydrazine groups is 1. The first kappa shape index (κ1) is 31.2. The van der Waals surface area contributed by atoms with Crippen molar-refractivity contribution in [2.45, 2.75) is 44.2 Å². The number of piperidine rings is 1. The maximum atomic E-state index is 14.3. The molecule has 1 amide bonds. The molecule has 3 aromatic rings. The molecule has 3 aliphatic heterocycles. The van der Waals surface area contributed by atoms with Gasteiger partial charge in [-0.2, -0.15) is 0 Å². The van der Waals surface area contributed by atoms with E-state index in [1.165, 1.54) is 16.0 Å². The van der Waals surface area contributed by atoms with Crippen LogP contribution in [0.2, 0.25) is 0 Å². The average Bonchev–Trinajstić information content (AvgIpc) is 3.69. The Morgan fingerprint density at radius 1 is 0.977 bits per heavy atom. The van der Waals surface area contributed by atoms with Crippen molar-refractivity contribution in [1.82, 2.24) is 19.8 Å². The Morgan fingerprint density at radius 2 is 1.73 bits per heavy atom. The summed E-state index contributed by atoms with van der Waals surface area (Å²) in [5.74, 6) is 0.163. The molecule has 0 aliphatic carbocycles. The van der Waals surface area contributed by atoms with Crippen LogP contribution in [0.1, 0.15) is 31.7 Å². The number of hydrogen-bond donors (Lipinski definition) is 1. The zero-order valence-electron chi connectivity index (χ0n) is 26.0. The summed E-state index contributed by atoms with van der Waals surface area (Å²) in [6.45, 7) is 10.3. The molecule has 1 atom stereocenters. The van der Waals surface area contributed by atoms with Gasteiger partial charge in [-0.1, -0.05) is 55.5 Å². The molecule has 3 saturated heterocycles. The van der Waals surface area contributed by atoms with E-state index in [9.17, 15) is 9.90 Å². The van der Waals surface area contributed by atoms with E-state index in [0.717, 1.165) is 70.6 Å². The molecule has 2 aromatic carbocycles. The molecule has 0 saturated carbocycles. The Bertz CT molecular complexity index is 1330. The van der Waals surface area contributed by atoms with E-state index in [4.69, 9.17) is 4.74 Å². The van der Waals surface area contributed by atoms with Crippen molar-refractivity contribution in [3.63, 3.8) is 0 Å². The van der Waals surface area contributed by atoms with Gasteiger partial charge >= 0.3 is 0 Å². The first-order chi connectivity index (χ1) is 21.6. The van der Waals surface area contributed by atoms with Crippen LogP contribution in [0, 0.1) is 0 Å². The number of morpholine rings is 1. The summed E-state index contributed by atoms with van der Waals surface area (Å²) in [5.41, 5.74) is 3.22. The van der Waals surface area contributed by atoms with Gasteiger partial charge in [-0.25, -0.2) is 10.0 Å². The van der Waals surface area contributed by atoms with Crippen LogP contribution < -0.4 is 4.90 Å². The second-order valence-corrected chi connectivity index (χ2v) is 13.3. The highest BCUT2D eigenvalue weighted by Crippen LogP contribution is 2.40. The number of para-hydroxylation sites is 1. The smallest absolute Gasteiger partial charge is 0.250 e. The minimum absolute atomic E-state index is 0.163. The van der Waals surface area contributed by atoms with E-state index >= 15 is 0 Å². The summed E-state index contributed by atoms with van der Waals surface area (Å²) >= 11 is 1.79. The Hall–Kier alpha value is -2.79. The third kappa shape index (κ3) is 6.88. The third-order valence-corrected chi connectivity index (χ3v) is 10.4. The quantitative estimate of drug-likeness (QED) is 0.323. The zero-order chi connectivity index (χ0) is 30.4. The summed E-state index contributed by atoms with van der Waals surface area (Å²) in [6, 6.07) is 23.4. The van der Waals surface area contributed by atoms with E-state index in [-0.39, 0.29) is 5.91 Å². The molecule has 44 heavy (non-hydrogen) atoms. The van der Waals surface area contributed by atoms with Crippen molar-refractivity contribution in [1.29, 1.82) is 0 Å². The van der Waals surface area contributed by atoms with E-state index in [2.05, 4.69) is 92.8 Å². The number of likely N-dealkylation sites (tertiary alicyclic amines) is 1. The molecule has 8 nitrogen and oxygen atoms in total. The van der Waals surface area contributed by atoms with Crippen LogP contribution in [-0.4, -0.2) is 115 Å². The number of ether oxygens (including phenoxy) is 1. The van der Waals surface area contributed by atoms with E-state index in [0.29, 0.717) is 33.0 Å². The van der Waals surface area contributed by atoms with Crippen molar-refractivity contribution in [3.05, 3.63) is 77.7 Å². The molecule has 0 bridgehead atoms. The van der Waals surface area contributed by atoms with Gasteiger partial charge < -0.3 is 24.5 Å². The minimum atomic E-state index is -0.621. The van der Waals surface area contributed by atoms with E-state index < -0.39 is 11.6 Å². The molecular weight excluding hydrogens is 570 g/mol. The van der Waals surface area contributed by atoms with Gasteiger partial charge in [0, 0.05) is 62.9 Å². The first-order valence-electron chi connectivity index (χ1n) is 16.3. The number of benzene rings is 2. The fourth-order valence-corrected chi connectivity index (χ4v) is 7.96. The number of aliphatic hydroxyl groups is 1. The molecule has 0 radical (unpaired) electrons. The number of carbonyl (C=O) groups is 1. The number of β-amino-alcohol motifs (C(OH)–C–C–N with tert-alkyl or cyclic N) is 1. The van der Waals surface area contributed by atoms with E-state index in [1.807, 2.05) is 11.0 Å². The van der Waals surface area contributed by atoms with Gasteiger partial charge in [0.25, 0.3) is 0 Å². The Labute approximate surface area is 266 Å². The summed E-state index contributed by atoms with van der Waals surface area (Å²) in [7, 11) is 0. The first-order valence-corrected chi connectivity index (χ1v) is 17.2. The molecule has 9 heteroatoms. The molecule has 3 aliphatic rings. The van der Waals surface area contributed by atoms with Crippen LogP contribution in [0.25, 0.3) is 10.4 Å². The Morgan fingerprint density at radius 3 is 2.45 bits per heavy atom. The lowest BCUT2D eigenvalue weighted by molar-refractivity contribution is -0.136. The third-order valence-electron chi connectivity index (χ3n) is 9.49. The van der Waals surface area contributed by atoms with Crippen molar-refractivity contribution < 1.29 is 14.6 Å². The van der Waals surface area contributed by atoms with Gasteiger partial charge in [0.15, 0.2) is 0 Å². The predicted molar refractivity (Wildman–Crippen MR) is 178 cm³/mol. The van der Waals surface area contributed by atoms with Crippen molar-refractivity contribution >= 4 is 22.9 Å². The molecular formula is C35H47N5O3S. The molecule has 4 heterocycles. The number of anilines is 1. The molecule has 3 fully saturated rings. The largest absolute Gasteiger partial charge is 0.390 e. The van der Waals surface area contributed by atoms with Crippen LogP contribution >= 0.6 is 11.3 Å². The van der Waals surface area contributed by atoms with Crippen LogP contribution in [0.3, 0.4) is 0 Å². The van der Waals surface area contributed by atoms with Crippen LogP contribution in [0.5, 0.6) is 0 Å². The van der Waals surface area contributed by atoms with Gasteiger partial charge in [0.05, 0.1) is 26.0 Å². The molecule has 6 rings (SSSR count). The second-order valence-electron chi connectivity index (χ2n) is 12.3. The second kappa shape index (κ2) is 14.5. The zero-order valence-corrected chi connectivity index (χ0v) is 26.8. The van der Waals surface area contributed by atoms with Crippen LogP contribution in [0.15, 0.2) is 72.1 Å². The van der Waals surface area contributed by atoms with Gasteiger partial charge in [0.1, 0.15) is 5.54 Å². The lowest BCUT2D eigenvalue weighted by Crippen LogP contribution is -2.57. The maximum absolute atomic E-state index is 14.3. The fourth-order valence-electron chi connectivity index (χ4n) is 7.18. The number of hydrogen-bond acceptors (Lipinski definition) is 8. The standard InChI is InChI=1S/C35H47N5O3S/c1-2-17-39(38-21-23-43-24-22-38)27-31(41)26-37-28-40(30-10-4-3-5-11-30)35(34(37)42)15-19-36(20-16-35)18-14-29-9-6-7-12-32(29)33-13-8-25-44-33/h3-13,25,31,41H,2,14-24,26-28H2,1H3. The summed E-state index contributed by atoms with van der Waals surface area (Å²) in [5, 5.41) is 18.0. The van der Waals surface area contributed by atoms with Gasteiger partial charge in [0.2, 0.25) is 5.91 Å². The number of thiophene rings is 1. The molecule has 1 spiro atoms. The topological polar surface area (TPSA) is 62.7 Å². The van der Waals surface area contributed by atoms with Crippen molar-refractivity contribution in [3.8, 4) is 10.4 Å². The minimum Gasteiger partial charge on any atom is -0.390 e. The Kier molecular flexibility index (Phi) is 10.3. The highest BCUT2D eigenvalue weighted by atomic mass is 32.1. The summed E-state index contributed by atoms with van der Waals surface area (Å²) < 4.78 is 5.55. The molecule has 236 valence electrons. The number of nitrogens with zero attached hydrogens (tertiary/aromatic N) is 5. The van der Waals surface area contributed by atoms with Crippen LogP contribution in [0.4, 0.5) is 5.69 Å². The number of amides is 1. The van der Waals surface area contributed by atoms with Crippen molar-refractivity contribution in [2.24, 2.45) is 0 Å². The monoisotopic (exact) mass is 617 g/mol. The lowest BCUT2D eigenvalue weighted by atomic mass is 9.85. The average molecular weight is 618 g/mol. The summed E-state index contributed by atoms with van der Waals surface area (Å²) in [4.78, 5) is 22.4. The molecule has 1 aromatic heterocycles. The van der Waals surface area contributed by atoms with Crippen LogP contribution in [-0.2, 0) is 16.0 Å². The maximum Gasteiger partial charge on any atom is 0.250 e.